The fraction of sp³-hybridized carbons (Fsp3) is 0.333. The molecular formula is C15H12N2. The molecule has 1 aromatic carbocycles. The Bertz CT molecular complexity index is 570. The molecule has 1 aromatic rings. The van der Waals surface area contributed by atoms with Crippen molar-refractivity contribution in [3.63, 3.8) is 0 Å². The molecule has 2 bridgehead atoms. The summed E-state index contributed by atoms with van der Waals surface area (Å²) in [6.07, 6.45) is 0. The van der Waals surface area contributed by atoms with Crippen LogP contribution < -0.4 is 0 Å². The minimum Gasteiger partial charge on any atom is -0.193 e. The molecule has 3 rings (SSSR count). The van der Waals surface area contributed by atoms with E-state index in [1.165, 1.54) is 11.1 Å². The SMILES string of the molecule is CC1(C)C2C(C#N)=C(C#N)C1c1ccccc12. The topological polar surface area (TPSA) is 47.6 Å². The first-order valence-electron chi connectivity index (χ1n) is 5.76. The van der Waals surface area contributed by atoms with E-state index < -0.39 is 0 Å². The maximum absolute atomic E-state index is 9.29. The van der Waals surface area contributed by atoms with Gasteiger partial charge in [-0.1, -0.05) is 38.1 Å². The highest BCUT2D eigenvalue weighted by molar-refractivity contribution is 5.65. The zero-order valence-electron chi connectivity index (χ0n) is 9.86. The van der Waals surface area contributed by atoms with Gasteiger partial charge in [0.1, 0.15) is 0 Å². The van der Waals surface area contributed by atoms with Crippen molar-refractivity contribution >= 4 is 0 Å². The summed E-state index contributed by atoms with van der Waals surface area (Å²) in [5.41, 5.74) is 3.79. The average Bonchev–Trinajstić information content (AvgIpc) is 2.70. The highest BCUT2D eigenvalue weighted by Crippen LogP contribution is 2.66. The van der Waals surface area contributed by atoms with Gasteiger partial charge >= 0.3 is 0 Å². The third-order valence-electron chi connectivity index (χ3n) is 4.21. The third-order valence-corrected chi connectivity index (χ3v) is 4.21. The van der Waals surface area contributed by atoms with E-state index in [0.29, 0.717) is 11.1 Å². The van der Waals surface area contributed by atoms with E-state index in [9.17, 15) is 10.5 Å². The molecule has 0 aromatic heterocycles. The second-order valence-electron chi connectivity index (χ2n) is 5.37. The van der Waals surface area contributed by atoms with Gasteiger partial charge in [-0.3, -0.25) is 0 Å². The van der Waals surface area contributed by atoms with E-state index in [-0.39, 0.29) is 17.3 Å². The smallest absolute Gasteiger partial charge is 0.0964 e. The molecule has 0 amide bonds. The zero-order chi connectivity index (χ0) is 12.2. The van der Waals surface area contributed by atoms with E-state index in [2.05, 4.69) is 38.1 Å². The van der Waals surface area contributed by atoms with Crippen LogP contribution in [0.4, 0.5) is 0 Å². The Morgan fingerprint density at radius 3 is 1.71 bits per heavy atom. The number of fused-ring (bicyclic) bond motifs is 5. The standard InChI is InChI=1S/C15H12N2/c1-15(2)13-9-5-3-4-6-10(9)14(15)12(8-17)11(13)7-16/h3-6,13-14H,1-2H3. The summed E-state index contributed by atoms with van der Waals surface area (Å²) >= 11 is 0. The first-order valence-corrected chi connectivity index (χ1v) is 5.76. The maximum Gasteiger partial charge on any atom is 0.0964 e. The Kier molecular flexibility index (Phi) is 1.78. The summed E-state index contributed by atoms with van der Waals surface area (Å²) < 4.78 is 0. The van der Waals surface area contributed by atoms with E-state index in [0.717, 1.165) is 0 Å². The minimum atomic E-state index is -0.0419. The highest BCUT2D eigenvalue weighted by atomic mass is 14.6. The average molecular weight is 220 g/mol. The molecule has 2 aliphatic carbocycles. The van der Waals surface area contributed by atoms with Crippen molar-refractivity contribution in [1.82, 2.24) is 0 Å². The predicted octanol–water partition coefficient (Wildman–Crippen LogP) is 3.25. The fourth-order valence-corrected chi connectivity index (χ4v) is 3.62. The van der Waals surface area contributed by atoms with Crippen LogP contribution in [0.2, 0.25) is 0 Å². The molecule has 0 saturated heterocycles. The summed E-state index contributed by atoms with van der Waals surface area (Å²) in [6, 6.07) is 12.7. The number of allylic oxidation sites excluding steroid dienone is 2. The quantitative estimate of drug-likeness (QED) is 0.673. The largest absolute Gasteiger partial charge is 0.193 e. The van der Waals surface area contributed by atoms with E-state index in [1.54, 1.807) is 0 Å². The summed E-state index contributed by atoms with van der Waals surface area (Å²) in [6.45, 7) is 4.31. The van der Waals surface area contributed by atoms with Crippen LogP contribution in [0.25, 0.3) is 0 Å². The summed E-state index contributed by atoms with van der Waals surface area (Å²) in [4.78, 5) is 0. The van der Waals surface area contributed by atoms with Crippen LogP contribution in [0.15, 0.2) is 35.4 Å². The molecule has 0 radical (unpaired) electrons. The van der Waals surface area contributed by atoms with Gasteiger partial charge in [0.15, 0.2) is 0 Å². The molecule has 0 heterocycles. The van der Waals surface area contributed by atoms with Crippen LogP contribution in [0, 0.1) is 28.1 Å². The molecule has 0 N–H and O–H groups in total. The van der Waals surface area contributed by atoms with Crippen molar-refractivity contribution in [3.05, 3.63) is 46.5 Å². The molecule has 0 fully saturated rings. The molecule has 2 atom stereocenters. The molecule has 82 valence electrons. The number of nitriles is 2. The summed E-state index contributed by atoms with van der Waals surface area (Å²) in [5.74, 6) is 0.201. The van der Waals surface area contributed by atoms with E-state index in [1.807, 2.05) is 12.1 Å². The second kappa shape index (κ2) is 2.99. The lowest BCUT2D eigenvalue weighted by molar-refractivity contribution is 0.336. The van der Waals surface area contributed by atoms with Gasteiger partial charge in [-0.2, -0.15) is 10.5 Å². The number of benzene rings is 1. The van der Waals surface area contributed by atoms with Gasteiger partial charge in [0.25, 0.3) is 0 Å². The maximum atomic E-state index is 9.29. The highest BCUT2D eigenvalue weighted by Gasteiger charge is 2.56. The van der Waals surface area contributed by atoms with Gasteiger partial charge in [0, 0.05) is 11.8 Å². The van der Waals surface area contributed by atoms with E-state index in [4.69, 9.17) is 0 Å². The van der Waals surface area contributed by atoms with Crippen molar-refractivity contribution < 1.29 is 0 Å². The van der Waals surface area contributed by atoms with Gasteiger partial charge in [-0.15, -0.1) is 0 Å². The first kappa shape index (κ1) is 10.1. The van der Waals surface area contributed by atoms with Crippen molar-refractivity contribution in [2.45, 2.75) is 25.7 Å². The van der Waals surface area contributed by atoms with Crippen molar-refractivity contribution in [3.8, 4) is 12.1 Å². The van der Waals surface area contributed by atoms with Gasteiger partial charge in [-0.05, 0) is 16.5 Å². The molecule has 2 aliphatic rings. The third kappa shape index (κ3) is 0.984. The second-order valence-corrected chi connectivity index (χ2v) is 5.37. The van der Waals surface area contributed by atoms with Gasteiger partial charge < -0.3 is 0 Å². The molecule has 17 heavy (non-hydrogen) atoms. The normalized spacial score (nSPS) is 27.5. The number of rotatable bonds is 0. The van der Waals surface area contributed by atoms with Gasteiger partial charge in [0.2, 0.25) is 0 Å². The summed E-state index contributed by atoms with van der Waals surface area (Å²) in [5, 5.41) is 18.6. The van der Waals surface area contributed by atoms with Crippen molar-refractivity contribution in [1.29, 1.82) is 10.5 Å². The van der Waals surface area contributed by atoms with Crippen molar-refractivity contribution in [2.75, 3.05) is 0 Å². The molecule has 0 spiro atoms. The van der Waals surface area contributed by atoms with Crippen molar-refractivity contribution in [2.24, 2.45) is 5.41 Å². The van der Waals surface area contributed by atoms with Crippen LogP contribution in [-0.2, 0) is 0 Å². The van der Waals surface area contributed by atoms with E-state index >= 15 is 0 Å². The molecule has 2 heteroatoms. The van der Waals surface area contributed by atoms with Crippen LogP contribution in [0.5, 0.6) is 0 Å². The van der Waals surface area contributed by atoms with Crippen LogP contribution in [-0.4, -0.2) is 0 Å². The molecule has 2 nitrogen and oxygen atoms in total. The first-order chi connectivity index (χ1) is 8.12. The van der Waals surface area contributed by atoms with Gasteiger partial charge in [0.05, 0.1) is 23.3 Å². The number of hydrogen-bond acceptors (Lipinski definition) is 2. The number of hydrogen-bond donors (Lipinski definition) is 0. The Morgan fingerprint density at radius 1 is 0.941 bits per heavy atom. The summed E-state index contributed by atoms with van der Waals surface area (Å²) in [7, 11) is 0. The van der Waals surface area contributed by atoms with Crippen LogP contribution in [0.3, 0.4) is 0 Å². The molecule has 0 saturated carbocycles. The lowest BCUT2D eigenvalue weighted by atomic mass is 9.77. The van der Waals surface area contributed by atoms with Crippen LogP contribution in [0.1, 0.15) is 36.8 Å². The number of nitrogens with zero attached hydrogens (tertiary/aromatic N) is 2. The zero-order valence-corrected chi connectivity index (χ0v) is 9.86. The Labute approximate surface area is 101 Å². The predicted molar refractivity (Wildman–Crippen MR) is 64.0 cm³/mol. The lowest BCUT2D eigenvalue weighted by Crippen LogP contribution is -2.17. The lowest BCUT2D eigenvalue weighted by Gasteiger charge is -2.25. The Morgan fingerprint density at radius 2 is 1.35 bits per heavy atom. The molecular weight excluding hydrogens is 208 g/mol. The Balaban J connectivity index is 2.33. The molecule has 2 unspecified atom stereocenters. The monoisotopic (exact) mass is 220 g/mol. The fourth-order valence-electron chi connectivity index (χ4n) is 3.62. The minimum absolute atomic E-state index is 0.0419. The Hall–Kier alpha value is -2.06. The van der Waals surface area contributed by atoms with Gasteiger partial charge in [-0.25, -0.2) is 0 Å². The molecule has 0 aliphatic heterocycles. The van der Waals surface area contributed by atoms with Crippen LogP contribution >= 0.6 is 0 Å².